The van der Waals surface area contributed by atoms with Crippen LogP contribution in [0.1, 0.15) is 18.9 Å². The summed E-state index contributed by atoms with van der Waals surface area (Å²) < 4.78 is 0. The van der Waals surface area contributed by atoms with Crippen molar-refractivity contribution < 1.29 is 9.59 Å². The Bertz CT molecular complexity index is 465. The molecule has 21 heavy (non-hydrogen) atoms. The van der Waals surface area contributed by atoms with Gasteiger partial charge < -0.3 is 15.1 Å². The molecule has 0 aromatic heterocycles. The summed E-state index contributed by atoms with van der Waals surface area (Å²) in [5.74, 6) is 0.151. The van der Waals surface area contributed by atoms with Gasteiger partial charge in [-0.05, 0) is 24.1 Å². The van der Waals surface area contributed by atoms with Crippen LogP contribution in [0, 0.1) is 0 Å². The Morgan fingerprint density at radius 1 is 1.19 bits per heavy atom. The number of carbonyl (C=O) groups excluding carboxylic acids is 2. The number of benzene rings is 1. The average Bonchev–Trinajstić information content (AvgIpc) is 2.55. The molecule has 1 aromatic carbocycles. The molecule has 0 saturated carbocycles. The van der Waals surface area contributed by atoms with E-state index in [1.807, 2.05) is 17.0 Å². The molecule has 5 heteroatoms. The molecule has 5 nitrogen and oxygen atoms in total. The number of nitrogens with one attached hydrogen (secondary N) is 1. The van der Waals surface area contributed by atoms with E-state index in [1.54, 1.807) is 4.90 Å². The number of hydrogen-bond acceptors (Lipinski definition) is 3. The largest absolute Gasteiger partial charge is 0.385 e. The van der Waals surface area contributed by atoms with Crippen molar-refractivity contribution in [3.05, 3.63) is 29.8 Å². The molecular weight excluding hydrogens is 266 g/mol. The van der Waals surface area contributed by atoms with Crippen molar-refractivity contribution in [2.45, 2.75) is 19.8 Å². The molecule has 114 valence electrons. The highest BCUT2D eigenvalue weighted by Crippen LogP contribution is 2.10. The maximum atomic E-state index is 12.1. The van der Waals surface area contributed by atoms with Gasteiger partial charge in [-0.2, -0.15) is 0 Å². The Labute approximate surface area is 125 Å². The molecule has 1 aliphatic rings. The van der Waals surface area contributed by atoms with E-state index < -0.39 is 0 Å². The third kappa shape index (κ3) is 4.48. The molecule has 1 fully saturated rings. The van der Waals surface area contributed by atoms with Crippen LogP contribution in [0.15, 0.2) is 24.3 Å². The Kier molecular flexibility index (Phi) is 5.60. The number of carbonyl (C=O) groups is 2. The molecule has 2 rings (SSSR count). The van der Waals surface area contributed by atoms with E-state index in [2.05, 4.69) is 24.4 Å². The highest BCUT2D eigenvalue weighted by molar-refractivity contribution is 5.77. The van der Waals surface area contributed by atoms with E-state index in [9.17, 15) is 9.59 Å². The minimum Gasteiger partial charge on any atom is -0.385 e. The molecule has 1 saturated heterocycles. The van der Waals surface area contributed by atoms with E-state index in [-0.39, 0.29) is 5.91 Å². The molecule has 0 spiro atoms. The quantitative estimate of drug-likeness (QED) is 0.804. The Hall–Kier alpha value is -2.04. The molecule has 0 aliphatic carbocycles. The highest BCUT2D eigenvalue weighted by Gasteiger charge is 2.19. The number of amides is 2. The predicted molar refractivity (Wildman–Crippen MR) is 83.1 cm³/mol. The molecule has 2 amide bonds. The molecule has 0 atom stereocenters. The number of anilines is 1. The zero-order valence-electron chi connectivity index (χ0n) is 12.5. The fourth-order valence-corrected chi connectivity index (χ4v) is 2.41. The van der Waals surface area contributed by atoms with Crippen molar-refractivity contribution >= 4 is 18.0 Å². The summed E-state index contributed by atoms with van der Waals surface area (Å²) in [5.41, 5.74) is 2.36. The molecule has 0 bridgehead atoms. The van der Waals surface area contributed by atoms with Gasteiger partial charge in [0.1, 0.15) is 0 Å². The number of hydrogen-bond donors (Lipinski definition) is 1. The first-order valence-corrected chi connectivity index (χ1v) is 7.53. The maximum Gasteiger partial charge on any atom is 0.224 e. The zero-order valence-corrected chi connectivity index (χ0v) is 12.5. The van der Waals surface area contributed by atoms with Gasteiger partial charge in [-0.25, -0.2) is 0 Å². The van der Waals surface area contributed by atoms with E-state index in [1.165, 1.54) is 5.56 Å². The number of nitrogens with zero attached hydrogens (tertiary/aromatic N) is 2. The summed E-state index contributed by atoms with van der Waals surface area (Å²) in [5, 5.41) is 3.27. The Balaban J connectivity index is 1.70. The van der Waals surface area contributed by atoms with Gasteiger partial charge in [0, 0.05) is 44.8 Å². The van der Waals surface area contributed by atoms with E-state index >= 15 is 0 Å². The predicted octanol–water partition coefficient (Wildman–Crippen LogP) is 1.35. The molecule has 1 aromatic rings. The van der Waals surface area contributed by atoms with Crippen LogP contribution in [0.4, 0.5) is 5.69 Å². The Morgan fingerprint density at radius 3 is 2.43 bits per heavy atom. The van der Waals surface area contributed by atoms with E-state index in [0.717, 1.165) is 18.5 Å². The van der Waals surface area contributed by atoms with Gasteiger partial charge in [0.05, 0.1) is 0 Å². The topological polar surface area (TPSA) is 52.7 Å². The van der Waals surface area contributed by atoms with Gasteiger partial charge in [-0.1, -0.05) is 19.1 Å². The van der Waals surface area contributed by atoms with Crippen LogP contribution in [-0.4, -0.2) is 54.8 Å². The van der Waals surface area contributed by atoms with Crippen LogP contribution in [-0.2, 0) is 16.0 Å². The van der Waals surface area contributed by atoms with Crippen molar-refractivity contribution in [2.75, 3.05) is 38.0 Å². The van der Waals surface area contributed by atoms with Crippen molar-refractivity contribution in [1.82, 2.24) is 9.80 Å². The summed E-state index contributed by atoms with van der Waals surface area (Å²) in [6, 6.07) is 8.30. The van der Waals surface area contributed by atoms with Crippen LogP contribution in [0.25, 0.3) is 0 Å². The minimum atomic E-state index is 0.151. The third-order valence-corrected chi connectivity index (χ3v) is 3.85. The fourth-order valence-electron chi connectivity index (χ4n) is 2.41. The lowest BCUT2D eigenvalue weighted by atomic mass is 10.1. The van der Waals surface area contributed by atoms with Crippen molar-refractivity contribution in [3.8, 4) is 0 Å². The van der Waals surface area contributed by atoms with Gasteiger partial charge in [0.2, 0.25) is 12.3 Å². The smallest absolute Gasteiger partial charge is 0.224 e. The molecule has 1 N–H and O–H groups in total. The lowest BCUT2D eigenvalue weighted by Crippen LogP contribution is -2.48. The number of rotatable bonds is 6. The first-order chi connectivity index (χ1) is 10.2. The van der Waals surface area contributed by atoms with Gasteiger partial charge in [0.15, 0.2) is 0 Å². The fraction of sp³-hybridized carbons (Fsp3) is 0.500. The lowest BCUT2D eigenvalue weighted by molar-refractivity contribution is -0.134. The van der Waals surface area contributed by atoms with Crippen LogP contribution in [0.5, 0.6) is 0 Å². The average molecular weight is 289 g/mol. The molecular formula is C16H23N3O2. The van der Waals surface area contributed by atoms with Crippen LogP contribution >= 0.6 is 0 Å². The van der Waals surface area contributed by atoms with Crippen molar-refractivity contribution in [2.24, 2.45) is 0 Å². The second-order valence-corrected chi connectivity index (χ2v) is 5.25. The first kappa shape index (κ1) is 15.4. The van der Waals surface area contributed by atoms with Gasteiger partial charge in [-0.3, -0.25) is 9.59 Å². The summed E-state index contributed by atoms with van der Waals surface area (Å²) in [6.07, 6.45) is 2.37. The van der Waals surface area contributed by atoms with Crippen LogP contribution in [0.2, 0.25) is 0 Å². The van der Waals surface area contributed by atoms with E-state index in [4.69, 9.17) is 0 Å². The van der Waals surface area contributed by atoms with Crippen LogP contribution < -0.4 is 5.32 Å². The monoisotopic (exact) mass is 289 g/mol. The lowest BCUT2D eigenvalue weighted by Gasteiger charge is -2.32. The second kappa shape index (κ2) is 7.67. The third-order valence-electron chi connectivity index (χ3n) is 3.85. The SMILES string of the molecule is CCc1ccc(NCCC(=O)N2CCN(C=O)CC2)cc1. The molecule has 0 radical (unpaired) electrons. The standard InChI is InChI=1S/C16H23N3O2/c1-2-14-3-5-15(6-4-14)17-8-7-16(21)19-11-9-18(13-20)10-12-19/h3-6,13,17H,2,7-12H2,1H3. The van der Waals surface area contributed by atoms with Gasteiger partial charge in [-0.15, -0.1) is 0 Å². The second-order valence-electron chi connectivity index (χ2n) is 5.25. The van der Waals surface area contributed by atoms with Crippen LogP contribution in [0.3, 0.4) is 0 Å². The van der Waals surface area contributed by atoms with Gasteiger partial charge >= 0.3 is 0 Å². The zero-order chi connectivity index (χ0) is 15.1. The molecule has 1 heterocycles. The normalized spacial score (nSPS) is 14.9. The first-order valence-electron chi connectivity index (χ1n) is 7.53. The van der Waals surface area contributed by atoms with E-state index in [0.29, 0.717) is 39.1 Å². The summed E-state index contributed by atoms with van der Waals surface area (Å²) in [7, 11) is 0. The highest BCUT2D eigenvalue weighted by atomic mass is 16.2. The summed E-state index contributed by atoms with van der Waals surface area (Å²) in [4.78, 5) is 26.2. The van der Waals surface area contributed by atoms with Crippen molar-refractivity contribution in [1.29, 1.82) is 0 Å². The number of aryl methyl sites for hydroxylation is 1. The maximum absolute atomic E-state index is 12.1. The summed E-state index contributed by atoms with van der Waals surface area (Å²) >= 11 is 0. The molecule has 1 aliphatic heterocycles. The summed E-state index contributed by atoms with van der Waals surface area (Å²) in [6.45, 7) is 5.33. The van der Waals surface area contributed by atoms with Crippen molar-refractivity contribution in [3.63, 3.8) is 0 Å². The Morgan fingerprint density at radius 2 is 1.86 bits per heavy atom. The minimum absolute atomic E-state index is 0.151. The number of piperazine rings is 1. The molecule has 0 unspecified atom stereocenters. The van der Waals surface area contributed by atoms with Gasteiger partial charge in [0.25, 0.3) is 0 Å².